The lowest BCUT2D eigenvalue weighted by atomic mass is 9.82. The topological polar surface area (TPSA) is 154 Å². The zero-order chi connectivity index (χ0) is 30.9. The summed E-state index contributed by atoms with van der Waals surface area (Å²) in [6.07, 6.45) is -0.799. The van der Waals surface area contributed by atoms with Gasteiger partial charge in [-0.05, 0) is 61.1 Å². The molecule has 1 spiro atoms. The maximum atomic E-state index is 13.7. The second kappa shape index (κ2) is 11.9. The lowest BCUT2D eigenvalue weighted by molar-refractivity contribution is -0.148. The van der Waals surface area contributed by atoms with Crippen molar-refractivity contribution >= 4 is 43.1 Å². The van der Waals surface area contributed by atoms with Crippen molar-refractivity contribution in [2.45, 2.75) is 50.2 Å². The quantitative estimate of drug-likeness (QED) is 0.185. The Morgan fingerprint density at radius 1 is 1.09 bits per heavy atom. The molecule has 0 bridgehead atoms. The number of carbonyl (C=O) groups excluding carboxylic acids is 3. The number of nitrogen functional groups attached to an aromatic ring is 1. The zero-order valence-electron chi connectivity index (χ0n) is 24.5. The van der Waals surface area contributed by atoms with Gasteiger partial charge in [0.15, 0.2) is 13.9 Å². The highest BCUT2D eigenvalue weighted by molar-refractivity contribution is 6.71. The van der Waals surface area contributed by atoms with Crippen molar-refractivity contribution in [1.82, 2.24) is 4.90 Å². The van der Waals surface area contributed by atoms with Crippen LogP contribution < -0.4 is 16.4 Å². The number of nitrogens with one attached hydrogen (secondary N) is 2. The van der Waals surface area contributed by atoms with Crippen LogP contribution in [0.1, 0.15) is 34.8 Å². The van der Waals surface area contributed by atoms with Gasteiger partial charge in [-0.15, -0.1) is 0 Å². The number of carbonyl (C=O) groups is 3. The molecule has 2 aliphatic rings. The van der Waals surface area contributed by atoms with Crippen LogP contribution in [0.2, 0.25) is 18.6 Å². The van der Waals surface area contributed by atoms with E-state index in [-0.39, 0.29) is 37.3 Å². The standard InChI is InChI=1S/C32H38N4O6Si/c1-20-29(43(2,3)41)27(18-28(38)36(15-16-37)19-21-7-5-4-6-8-21)42-32(20)25-17-24(13-14-26(25)35-31(32)40)34-30(39)22-9-11-23(33)12-10-22/h4-14,17,20,27,29,37,41H,15-16,18-19,33H2,1-3H3,(H,34,39)(H,35,40)/t20-,27+,29-,32+/m0/s1. The van der Waals surface area contributed by atoms with E-state index in [2.05, 4.69) is 10.6 Å². The van der Waals surface area contributed by atoms with Crippen molar-refractivity contribution in [3.63, 3.8) is 0 Å². The number of benzene rings is 3. The molecule has 1 fully saturated rings. The summed E-state index contributed by atoms with van der Waals surface area (Å²) < 4.78 is 6.63. The minimum Gasteiger partial charge on any atom is -0.432 e. The van der Waals surface area contributed by atoms with Gasteiger partial charge in [-0.25, -0.2) is 0 Å². The molecule has 3 amide bonds. The van der Waals surface area contributed by atoms with Crippen molar-refractivity contribution in [3.8, 4) is 0 Å². The Morgan fingerprint density at radius 3 is 2.44 bits per heavy atom. The second-order valence-electron chi connectivity index (χ2n) is 11.9. The van der Waals surface area contributed by atoms with E-state index in [9.17, 15) is 24.3 Å². The van der Waals surface area contributed by atoms with Gasteiger partial charge in [0, 0.05) is 52.7 Å². The number of nitrogens with two attached hydrogens (primary N) is 1. The van der Waals surface area contributed by atoms with Gasteiger partial charge in [0.25, 0.3) is 11.8 Å². The van der Waals surface area contributed by atoms with Crippen molar-refractivity contribution in [1.29, 1.82) is 0 Å². The number of aliphatic hydroxyl groups is 1. The molecular formula is C32H38N4O6Si. The van der Waals surface area contributed by atoms with Gasteiger partial charge in [-0.2, -0.15) is 0 Å². The highest BCUT2D eigenvalue weighted by Crippen LogP contribution is 2.58. The van der Waals surface area contributed by atoms with Crippen LogP contribution in [0, 0.1) is 5.92 Å². The van der Waals surface area contributed by atoms with Gasteiger partial charge >= 0.3 is 0 Å². The third-order valence-corrected chi connectivity index (χ3v) is 11.0. The van der Waals surface area contributed by atoms with E-state index < -0.39 is 31.5 Å². The Balaban J connectivity index is 1.44. The Hall–Kier alpha value is -4.03. The maximum Gasteiger partial charge on any atom is 0.261 e. The van der Waals surface area contributed by atoms with Gasteiger partial charge < -0.3 is 35.9 Å². The van der Waals surface area contributed by atoms with Crippen LogP contribution >= 0.6 is 0 Å². The molecule has 11 heteroatoms. The minimum absolute atomic E-state index is 0.0588. The number of ether oxygens (including phenoxy) is 1. The van der Waals surface area contributed by atoms with Crippen LogP contribution in [0.15, 0.2) is 72.8 Å². The summed E-state index contributed by atoms with van der Waals surface area (Å²) in [5, 5.41) is 15.5. The highest BCUT2D eigenvalue weighted by Gasteiger charge is 2.65. The van der Waals surface area contributed by atoms with Crippen LogP contribution in [-0.4, -0.2) is 60.1 Å². The Kier molecular flexibility index (Phi) is 8.44. The summed E-state index contributed by atoms with van der Waals surface area (Å²) in [7, 11) is -2.98. The Bertz CT molecular complexity index is 1510. The molecule has 226 valence electrons. The van der Waals surface area contributed by atoms with Crippen molar-refractivity contribution in [2.24, 2.45) is 5.92 Å². The molecule has 0 radical (unpaired) electrons. The van der Waals surface area contributed by atoms with E-state index in [4.69, 9.17) is 10.5 Å². The van der Waals surface area contributed by atoms with Gasteiger partial charge in [0.2, 0.25) is 5.91 Å². The van der Waals surface area contributed by atoms with E-state index in [0.717, 1.165) is 5.56 Å². The van der Waals surface area contributed by atoms with E-state index in [1.165, 1.54) is 0 Å². The van der Waals surface area contributed by atoms with Crippen LogP contribution in [0.5, 0.6) is 0 Å². The molecule has 5 rings (SSSR count). The number of fused-ring (bicyclic) bond motifs is 2. The third kappa shape index (κ3) is 5.94. The first-order valence-electron chi connectivity index (χ1n) is 14.4. The first-order valence-corrected chi connectivity index (χ1v) is 17.4. The van der Waals surface area contributed by atoms with E-state index >= 15 is 0 Å². The summed E-state index contributed by atoms with van der Waals surface area (Å²) in [5.74, 6) is -1.41. The first-order chi connectivity index (χ1) is 20.4. The van der Waals surface area contributed by atoms with Gasteiger partial charge in [-0.3, -0.25) is 14.4 Å². The maximum absolute atomic E-state index is 13.7. The third-order valence-electron chi connectivity index (χ3n) is 8.48. The number of aliphatic hydroxyl groups excluding tert-OH is 1. The lowest BCUT2D eigenvalue weighted by Gasteiger charge is -2.32. The number of hydrogen-bond acceptors (Lipinski definition) is 7. The molecule has 3 aromatic rings. The average Bonchev–Trinajstić information content (AvgIpc) is 3.41. The fraction of sp³-hybridized carbons (Fsp3) is 0.344. The number of nitrogens with zero attached hydrogens (tertiary/aromatic N) is 1. The number of rotatable bonds is 9. The van der Waals surface area contributed by atoms with E-state index in [1.807, 2.05) is 37.3 Å². The van der Waals surface area contributed by atoms with Gasteiger partial charge in [0.1, 0.15) is 0 Å². The monoisotopic (exact) mass is 602 g/mol. The van der Waals surface area contributed by atoms with Crippen LogP contribution in [0.25, 0.3) is 0 Å². The summed E-state index contributed by atoms with van der Waals surface area (Å²) in [6, 6.07) is 21.2. The van der Waals surface area contributed by atoms with Crippen LogP contribution in [-0.2, 0) is 26.5 Å². The number of amides is 3. The largest absolute Gasteiger partial charge is 0.432 e. The molecule has 3 aromatic carbocycles. The molecule has 0 saturated carbocycles. The summed E-state index contributed by atoms with van der Waals surface area (Å²) in [6.45, 7) is 5.73. The predicted octanol–water partition coefficient (Wildman–Crippen LogP) is 3.68. The fourth-order valence-corrected chi connectivity index (χ4v) is 9.08. The summed E-state index contributed by atoms with van der Waals surface area (Å²) in [4.78, 5) is 53.3. The molecule has 10 nitrogen and oxygen atoms in total. The molecule has 0 unspecified atom stereocenters. The predicted molar refractivity (Wildman–Crippen MR) is 167 cm³/mol. The normalized spacial score (nSPS) is 22.7. The second-order valence-corrected chi connectivity index (χ2v) is 15.9. The fourth-order valence-electron chi connectivity index (χ4n) is 6.53. The molecule has 0 aromatic heterocycles. The molecule has 43 heavy (non-hydrogen) atoms. The highest BCUT2D eigenvalue weighted by atomic mass is 28.4. The van der Waals surface area contributed by atoms with E-state index in [0.29, 0.717) is 34.7 Å². The van der Waals surface area contributed by atoms with Crippen molar-refractivity contribution in [2.75, 3.05) is 29.5 Å². The molecule has 4 atom stereocenters. The van der Waals surface area contributed by atoms with E-state index in [1.54, 1.807) is 60.5 Å². The van der Waals surface area contributed by atoms with Crippen LogP contribution in [0.3, 0.4) is 0 Å². The Morgan fingerprint density at radius 2 is 1.79 bits per heavy atom. The molecule has 1 saturated heterocycles. The van der Waals surface area contributed by atoms with Gasteiger partial charge in [0.05, 0.1) is 19.1 Å². The first kappa shape index (κ1) is 30.4. The smallest absolute Gasteiger partial charge is 0.261 e. The minimum atomic E-state index is -2.98. The average molecular weight is 603 g/mol. The van der Waals surface area contributed by atoms with Crippen molar-refractivity contribution < 1.29 is 29.0 Å². The molecule has 6 N–H and O–H groups in total. The molecule has 2 aliphatic heterocycles. The Labute approximate surface area is 252 Å². The van der Waals surface area contributed by atoms with Crippen molar-refractivity contribution in [3.05, 3.63) is 89.5 Å². The summed E-state index contributed by atoms with van der Waals surface area (Å²) in [5.41, 5.74) is 7.32. The van der Waals surface area contributed by atoms with Gasteiger partial charge in [-0.1, -0.05) is 37.3 Å². The summed E-state index contributed by atoms with van der Waals surface area (Å²) >= 11 is 0. The lowest BCUT2D eigenvalue weighted by Crippen LogP contribution is -2.44. The molecule has 0 aliphatic carbocycles. The van der Waals surface area contributed by atoms with Crippen LogP contribution in [0.4, 0.5) is 17.1 Å². The molecular weight excluding hydrogens is 564 g/mol. The zero-order valence-corrected chi connectivity index (χ0v) is 25.5. The number of anilines is 3. The molecule has 2 heterocycles. The number of hydrogen-bond donors (Lipinski definition) is 5. The SMILES string of the molecule is C[C@H]1[C@H]([Si](C)(C)O)[C@@H](CC(=O)N(CCO)Cc2ccccc2)O[C@]12C(=O)Nc1ccc(NC(=O)c3ccc(N)cc3)cc12.